The number of hydrazine groups is 1. The van der Waals surface area contributed by atoms with Gasteiger partial charge in [-0.15, -0.1) is 0 Å². The predicted octanol–water partition coefficient (Wildman–Crippen LogP) is 0.876. The summed E-state index contributed by atoms with van der Waals surface area (Å²) in [6.45, 7) is 0.365. The van der Waals surface area contributed by atoms with E-state index in [1.807, 2.05) is 54.6 Å². The lowest BCUT2D eigenvalue weighted by Crippen LogP contribution is -2.47. The molecule has 0 radical (unpaired) electrons. The molecular formula is C25H27N5O6. The molecule has 1 fully saturated rings. The molecule has 1 aliphatic rings. The van der Waals surface area contributed by atoms with Crippen LogP contribution >= 0.6 is 0 Å². The molecule has 0 unspecified atom stereocenters. The fourth-order valence-electron chi connectivity index (χ4n) is 3.94. The zero-order valence-electron chi connectivity index (χ0n) is 19.4. The van der Waals surface area contributed by atoms with E-state index in [0.29, 0.717) is 13.0 Å². The number of H-pyrrole nitrogens is 1. The summed E-state index contributed by atoms with van der Waals surface area (Å²) >= 11 is 0. The summed E-state index contributed by atoms with van der Waals surface area (Å²) < 4.78 is 0. The van der Waals surface area contributed by atoms with E-state index >= 15 is 0 Å². The molecule has 11 nitrogen and oxygen atoms in total. The number of carboxylic acids is 1. The van der Waals surface area contributed by atoms with Crippen LogP contribution in [0.2, 0.25) is 0 Å². The molecule has 11 heteroatoms. The molecule has 2 aromatic carbocycles. The fraction of sp³-hybridized carbons (Fsp3) is 0.280. The maximum absolute atomic E-state index is 12.8. The van der Waals surface area contributed by atoms with E-state index in [-0.39, 0.29) is 36.9 Å². The molecule has 1 aliphatic heterocycles. The van der Waals surface area contributed by atoms with Gasteiger partial charge in [0.1, 0.15) is 5.69 Å². The summed E-state index contributed by atoms with van der Waals surface area (Å²) in [4.78, 5) is 38.0. The Kier molecular flexibility index (Phi) is 7.74. The summed E-state index contributed by atoms with van der Waals surface area (Å²) in [6.07, 6.45) is -1.82. The second-order valence-electron chi connectivity index (χ2n) is 8.60. The number of rotatable bonds is 9. The fourth-order valence-corrected chi connectivity index (χ4v) is 3.94. The van der Waals surface area contributed by atoms with Gasteiger partial charge in [0.2, 0.25) is 0 Å². The van der Waals surface area contributed by atoms with Crippen LogP contribution in [0.4, 0.5) is 0 Å². The first-order valence-corrected chi connectivity index (χ1v) is 11.4. The van der Waals surface area contributed by atoms with E-state index in [9.17, 15) is 24.6 Å². The van der Waals surface area contributed by atoms with Gasteiger partial charge in [0.25, 0.3) is 11.8 Å². The smallest absolute Gasteiger partial charge is 0.333 e. The minimum Gasteiger partial charge on any atom is -0.479 e. The van der Waals surface area contributed by atoms with E-state index in [1.165, 1.54) is 16.0 Å². The van der Waals surface area contributed by atoms with Crippen LogP contribution < -0.4 is 5.43 Å². The van der Waals surface area contributed by atoms with Crippen LogP contribution in [0.5, 0.6) is 0 Å². The predicted molar refractivity (Wildman–Crippen MR) is 129 cm³/mol. The van der Waals surface area contributed by atoms with Crippen LogP contribution in [0, 0.1) is 0 Å². The van der Waals surface area contributed by atoms with E-state index in [1.54, 1.807) is 0 Å². The zero-order valence-corrected chi connectivity index (χ0v) is 19.4. The quantitative estimate of drug-likeness (QED) is 0.275. The Morgan fingerprint density at radius 2 is 1.81 bits per heavy atom. The molecule has 4 rings (SSSR count). The molecule has 36 heavy (non-hydrogen) atoms. The highest BCUT2D eigenvalue weighted by Crippen LogP contribution is 2.20. The maximum atomic E-state index is 12.8. The van der Waals surface area contributed by atoms with Gasteiger partial charge in [-0.3, -0.25) is 20.1 Å². The monoisotopic (exact) mass is 493 g/mol. The number of nitrogens with one attached hydrogen (secondary N) is 2. The number of carboxylic acid groups (broad SMARTS) is 1. The summed E-state index contributed by atoms with van der Waals surface area (Å²) in [5.41, 5.74) is 5.41. The Morgan fingerprint density at radius 3 is 2.44 bits per heavy atom. The van der Waals surface area contributed by atoms with Crippen molar-refractivity contribution in [2.75, 3.05) is 19.6 Å². The maximum Gasteiger partial charge on any atom is 0.333 e. The average Bonchev–Trinajstić information content (AvgIpc) is 3.54. The van der Waals surface area contributed by atoms with Crippen LogP contribution in [0.1, 0.15) is 33.0 Å². The number of likely N-dealkylation sites (tertiary alicyclic amines) is 1. The van der Waals surface area contributed by atoms with E-state index in [0.717, 1.165) is 16.7 Å². The van der Waals surface area contributed by atoms with Crippen LogP contribution in [-0.2, 0) is 11.3 Å². The third kappa shape index (κ3) is 6.13. The normalized spacial score (nSPS) is 16.2. The van der Waals surface area contributed by atoms with Gasteiger partial charge in [-0.05, 0) is 23.1 Å². The topological polar surface area (TPSA) is 159 Å². The number of carbonyl (C=O) groups is 3. The standard InChI is InChI=1S/C25H27N5O6/c31-19-10-11-29(14-19)24(34)21-12-20(26-27-21)23(33)28-30(15-22(32)25(35)36)13-16-6-8-18(9-7-16)17-4-2-1-3-5-17/h1-9,12,19,22,31-32H,10-11,13-15H2,(H,26,27)(H,28,33)(H,35,36)/t19-,22-/m1/s1. The summed E-state index contributed by atoms with van der Waals surface area (Å²) in [6, 6.07) is 18.6. The lowest BCUT2D eigenvalue weighted by molar-refractivity contribution is -0.148. The third-order valence-corrected chi connectivity index (χ3v) is 5.86. The molecule has 188 valence electrons. The van der Waals surface area contributed by atoms with Crippen LogP contribution in [-0.4, -0.2) is 85.1 Å². The third-order valence-electron chi connectivity index (χ3n) is 5.86. The minimum absolute atomic E-state index is 0.0765. The lowest BCUT2D eigenvalue weighted by atomic mass is 10.0. The van der Waals surface area contributed by atoms with Crippen LogP contribution in [0.15, 0.2) is 60.7 Å². The highest BCUT2D eigenvalue weighted by atomic mass is 16.4. The molecule has 0 bridgehead atoms. The summed E-state index contributed by atoms with van der Waals surface area (Å²) in [7, 11) is 0. The minimum atomic E-state index is -1.73. The molecule has 2 atom stereocenters. The van der Waals surface area contributed by atoms with Gasteiger partial charge in [0, 0.05) is 25.7 Å². The van der Waals surface area contributed by atoms with Crippen molar-refractivity contribution in [2.24, 2.45) is 0 Å². The van der Waals surface area contributed by atoms with Crippen molar-refractivity contribution < 1.29 is 29.7 Å². The number of aliphatic carboxylic acids is 1. The summed E-state index contributed by atoms with van der Waals surface area (Å²) in [5, 5.41) is 36.4. The second-order valence-corrected chi connectivity index (χ2v) is 8.60. The van der Waals surface area contributed by atoms with Crippen LogP contribution in [0.3, 0.4) is 0 Å². The number of carbonyl (C=O) groups excluding carboxylic acids is 2. The van der Waals surface area contributed by atoms with Crippen molar-refractivity contribution in [2.45, 2.75) is 25.2 Å². The number of β-amino-alcohol motifs (C(OH)–C–C–N with tert-alkyl or cyclic N) is 1. The van der Waals surface area contributed by atoms with Crippen molar-refractivity contribution in [3.05, 3.63) is 77.6 Å². The number of aromatic nitrogens is 2. The lowest BCUT2D eigenvalue weighted by Gasteiger charge is -2.24. The number of amides is 2. The van der Waals surface area contributed by atoms with Crippen molar-refractivity contribution in [1.29, 1.82) is 0 Å². The Labute approximate surface area is 206 Å². The molecule has 1 aromatic heterocycles. The van der Waals surface area contributed by atoms with Gasteiger partial charge >= 0.3 is 5.97 Å². The van der Waals surface area contributed by atoms with Gasteiger partial charge in [0.05, 0.1) is 12.6 Å². The molecule has 0 aliphatic carbocycles. The molecule has 3 aromatic rings. The number of hydrogen-bond donors (Lipinski definition) is 5. The molecule has 2 amide bonds. The van der Waals surface area contributed by atoms with Crippen molar-refractivity contribution in [1.82, 2.24) is 25.5 Å². The van der Waals surface area contributed by atoms with Crippen molar-refractivity contribution in [3.63, 3.8) is 0 Å². The van der Waals surface area contributed by atoms with E-state index in [4.69, 9.17) is 5.11 Å². The van der Waals surface area contributed by atoms with Gasteiger partial charge < -0.3 is 20.2 Å². The summed E-state index contributed by atoms with van der Waals surface area (Å²) in [5.74, 6) is -2.48. The Hall–Kier alpha value is -4.06. The first kappa shape index (κ1) is 25.0. The number of aliphatic hydroxyl groups is 2. The van der Waals surface area contributed by atoms with E-state index < -0.39 is 24.1 Å². The number of aromatic amines is 1. The SMILES string of the molecule is O=C(NN(Cc1ccc(-c2ccccc2)cc1)C[C@@H](O)C(=O)O)c1cc(C(=O)N2CC[C@@H](O)C2)[nH]n1. The number of benzene rings is 2. The van der Waals surface area contributed by atoms with E-state index in [2.05, 4.69) is 15.6 Å². The van der Waals surface area contributed by atoms with Crippen LogP contribution in [0.25, 0.3) is 11.1 Å². The largest absolute Gasteiger partial charge is 0.479 e. The van der Waals surface area contributed by atoms with Gasteiger partial charge in [0.15, 0.2) is 11.8 Å². The van der Waals surface area contributed by atoms with Crippen molar-refractivity contribution >= 4 is 17.8 Å². The number of hydrogen-bond acceptors (Lipinski definition) is 7. The second kappa shape index (κ2) is 11.1. The van der Waals surface area contributed by atoms with Gasteiger partial charge in [-0.25, -0.2) is 9.80 Å². The molecule has 0 spiro atoms. The number of aliphatic hydroxyl groups excluding tert-OH is 2. The first-order chi connectivity index (χ1) is 17.3. The Bertz CT molecular complexity index is 1210. The first-order valence-electron chi connectivity index (χ1n) is 11.4. The molecule has 1 saturated heterocycles. The number of nitrogens with zero attached hydrogens (tertiary/aromatic N) is 3. The molecule has 2 heterocycles. The zero-order chi connectivity index (χ0) is 25.7. The molecular weight excluding hydrogens is 466 g/mol. The van der Waals surface area contributed by atoms with Crippen molar-refractivity contribution in [3.8, 4) is 11.1 Å². The Balaban J connectivity index is 1.44. The molecule has 0 saturated carbocycles. The highest BCUT2D eigenvalue weighted by Gasteiger charge is 2.28. The average molecular weight is 494 g/mol. The van der Waals surface area contributed by atoms with Gasteiger partial charge in [-0.1, -0.05) is 54.6 Å². The Morgan fingerprint density at radius 1 is 1.11 bits per heavy atom. The highest BCUT2D eigenvalue weighted by molar-refractivity contribution is 5.97. The molecule has 5 N–H and O–H groups in total. The van der Waals surface area contributed by atoms with Gasteiger partial charge in [-0.2, -0.15) is 5.10 Å².